The zero-order valence-electron chi connectivity index (χ0n) is 15.7. The standard InChI is InChI=1S/C19H19F2N3O6/c20-19(21,18(29)30)6-5-14(25)22-8-10-1-2-12-11(7-10)9-24(17(12)28)13-3-4-15(26)23-16(13)27/h1-2,7,13H,3-6,8-9H2,(H,22,25)(H,29,30)(H,23,26,27). The van der Waals surface area contributed by atoms with Gasteiger partial charge < -0.3 is 15.3 Å². The minimum atomic E-state index is -3.97. The fourth-order valence-corrected chi connectivity index (χ4v) is 3.40. The molecule has 1 saturated heterocycles. The molecule has 2 heterocycles. The highest BCUT2D eigenvalue weighted by atomic mass is 19.3. The molecule has 9 nitrogen and oxygen atoms in total. The summed E-state index contributed by atoms with van der Waals surface area (Å²) in [5, 5.41) is 13.0. The second-order valence-corrected chi connectivity index (χ2v) is 7.18. The number of carbonyl (C=O) groups excluding carboxylic acids is 4. The van der Waals surface area contributed by atoms with E-state index in [0.29, 0.717) is 16.7 Å². The Bertz CT molecular complexity index is 933. The molecule has 0 bridgehead atoms. The molecule has 1 fully saturated rings. The molecule has 0 saturated carbocycles. The number of hydrogen-bond donors (Lipinski definition) is 3. The predicted molar refractivity (Wildman–Crippen MR) is 96.2 cm³/mol. The molecule has 4 amide bonds. The van der Waals surface area contributed by atoms with E-state index in [1.165, 1.54) is 4.90 Å². The minimum Gasteiger partial charge on any atom is -0.477 e. The number of alkyl halides is 2. The van der Waals surface area contributed by atoms with Gasteiger partial charge in [-0.3, -0.25) is 24.5 Å². The molecular formula is C19H19F2N3O6. The van der Waals surface area contributed by atoms with Crippen LogP contribution in [0.4, 0.5) is 8.78 Å². The van der Waals surface area contributed by atoms with E-state index in [0.717, 1.165) is 0 Å². The maximum absolute atomic E-state index is 13.0. The van der Waals surface area contributed by atoms with E-state index in [1.54, 1.807) is 18.2 Å². The van der Waals surface area contributed by atoms with E-state index >= 15 is 0 Å². The molecule has 0 aliphatic carbocycles. The van der Waals surface area contributed by atoms with Crippen LogP contribution in [-0.2, 0) is 32.3 Å². The van der Waals surface area contributed by atoms with Crippen LogP contribution in [0.2, 0.25) is 0 Å². The molecular weight excluding hydrogens is 404 g/mol. The summed E-state index contributed by atoms with van der Waals surface area (Å²) in [7, 11) is 0. The van der Waals surface area contributed by atoms with E-state index in [9.17, 15) is 32.8 Å². The predicted octanol–water partition coefficient (Wildman–Crippen LogP) is 0.564. The molecule has 1 atom stereocenters. The highest BCUT2D eigenvalue weighted by Gasteiger charge is 2.40. The van der Waals surface area contributed by atoms with Crippen molar-refractivity contribution < 1.29 is 37.9 Å². The summed E-state index contributed by atoms with van der Waals surface area (Å²) in [4.78, 5) is 59.4. The molecule has 3 N–H and O–H groups in total. The van der Waals surface area contributed by atoms with Crippen LogP contribution >= 0.6 is 0 Å². The molecule has 11 heteroatoms. The fourth-order valence-electron chi connectivity index (χ4n) is 3.40. The van der Waals surface area contributed by atoms with Crippen LogP contribution in [0.3, 0.4) is 0 Å². The normalized spacial score (nSPS) is 18.8. The van der Waals surface area contributed by atoms with Gasteiger partial charge in [-0.1, -0.05) is 12.1 Å². The van der Waals surface area contributed by atoms with Gasteiger partial charge in [-0.2, -0.15) is 8.78 Å². The second kappa shape index (κ2) is 8.17. The van der Waals surface area contributed by atoms with Crippen molar-refractivity contribution in [1.82, 2.24) is 15.5 Å². The number of hydrogen-bond acceptors (Lipinski definition) is 5. The first-order valence-corrected chi connectivity index (χ1v) is 9.23. The Morgan fingerprint density at radius 1 is 1.27 bits per heavy atom. The van der Waals surface area contributed by atoms with Gasteiger partial charge in [-0.25, -0.2) is 4.79 Å². The van der Waals surface area contributed by atoms with E-state index in [4.69, 9.17) is 5.11 Å². The molecule has 1 aromatic carbocycles. The first-order chi connectivity index (χ1) is 14.1. The molecule has 0 radical (unpaired) electrons. The van der Waals surface area contributed by atoms with Crippen molar-refractivity contribution in [3.63, 3.8) is 0 Å². The van der Waals surface area contributed by atoms with Crippen LogP contribution in [-0.4, -0.2) is 51.6 Å². The molecule has 1 aromatic rings. The molecule has 2 aliphatic heterocycles. The van der Waals surface area contributed by atoms with Gasteiger partial charge in [-0.15, -0.1) is 0 Å². The van der Waals surface area contributed by atoms with Crippen LogP contribution < -0.4 is 10.6 Å². The third-order valence-electron chi connectivity index (χ3n) is 5.06. The molecule has 0 spiro atoms. The molecule has 30 heavy (non-hydrogen) atoms. The first kappa shape index (κ1) is 21.3. The maximum atomic E-state index is 13.0. The Morgan fingerprint density at radius 3 is 2.67 bits per heavy atom. The third-order valence-corrected chi connectivity index (χ3v) is 5.06. The Morgan fingerprint density at radius 2 is 2.00 bits per heavy atom. The van der Waals surface area contributed by atoms with Crippen LogP contribution in [0.1, 0.15) is 47.2 Å². The van der Waals surface area contributed by atoms with Gasteiger partial charge in [0.25, 0.3) is 5.91 Å². The number of carbonyl (C=O) groups is 5. The molecule has 2 aliphatic rings. The van der Waals surface area contributed by atoms with Crippen molar-refractivity contribution in [2.45, 2.75) is 50.7 Å². The summed E-state index contributed by atoms with van der Waals surface area (Å²) in [6, 6.07) is 4.09. The van der Waals surface area contributed by atoms with Gasteiger partial charge in [0.05, 0.1) is 0 Å². The van der Waals surface area contributed by atoms with E-state index in [-0.39, 0.29) is 37.7 Å². The molecule has 160 valence electrons. The Labute approximate surface area is 169 Å². The number of halogens is 2. The van der Waals surface area contributed by atoms with Crippen LogP contribution in [0.5, 0.6) is 0 Å². The highest BCUT2D eigenvalue weighted by Crippen LogP contribution is 2.28. The van der Waals surface area contributed by atoms with Crippen molar-refractivity contribution >= 4 is 29.6 Å². The third kappa shape index (κ3) is 4.44. The highest BCUT2D eigenvalue weighted by molar-refractivity contribution is 6.05. The number of benzene rings is 1. The second-order valence-electron chi connectivity index (χ2n) is 7.18. The summed E-state index contributed by atoms with van der Waals surface area (Å²) >= 11 is 0. The number of carboxylic acid groups (broad SMARTS) is 1. The van der Waals surface area contributed by atoms with Gasteiger partial charge in [0.2, 0.25) is 17.7 Å². The topological polar surface area (TPSA) is 133 Å². The van der Waals surface area contributed by atoms with Crippen LogP contribution in [0, 0.1) is 0 Å². The summed E-state index contributed by atoms with van der Waals surface area (Å²) in [6.45, 7) is 0.185. The molecule has 3 rings (SSSR count). The summed E-state index contributed by atoms with van der Waals surface area (Å²) in [5.41, 5.74) is 1.68. The fraction of sp³-hybridized carbons (Fsp3) is 0.421. The van der Waals surface area contributed by atoms with Crippen LogP contribution in [0.15, 0.2) is 18.2 Å². The van der Waals surface area contributed by atoms with Crippen molar-refractivity contribution in [2.24, 2.45) is 0 Å². The van der Waals surface area contributed by atoms with E-state index < -0.39 is 42.6 Å². The number of fused-ring (bicyclic) bond motifs is 1. The smallest absolute Gasteiger partial charge is 0.374 e. The lowest BCUT2D eigenvalue weighted by molar-refractivity contribution is -0.166. The zero-order valence-corrected chi connectivity index (χ0v) is 15.7. The van der Waals surface area contributed by atoms with Crippen molar-refractivity contribution in [1.29, 1.82) is 0 Å². The van der Waals surface area contributed by atoms with Crippen molar-refractivity contribution in [2.75, 3.05) is 0 Å². The number of carboxylic acids is 1. The Balaban J connectivity index is 1.58. The van der Waals surface area contributed by atoms with Crippen molar-refractivity contribution in [3.8, 4) is 0 Å². The van der Waals surface area contributed by atoms with E-state index in [2.05, 4.69) is 10.6 Å². The van der Waals surface area contributed by atoms with Gasteiger partial charge >= 0.3 is 11.9 Å². The lowest BCUT2D eigenvalue weighted by Crippen LogP contribution is -2.52. The first-order valence-electron chi connectivity index (χ1n) is 9.23. The van der Waals surface area contributed by atoms with Gasteiger partial charge in [0.1, 0.15) is 6.04 Å². The molecule has 0 aromatic heterocycles. The van der Waals surface area contributed by atoms with Gasteiger partial charge in [0.15, 0.2) is 0 Å². The largest absolute Gasteiger partial charge is 0.477 e. The monoisotopic (exact) mass is 423 g/mol. The van der Waals surface area contributed by atoms with Crippen LogP contribution in [0.25, 0.3) is 0 Å². The summed E-state index contributed by atoms with van der Waals surface area (Å²) in [6.07, 6.45) is -1.36. The summed E-state index contributed by atoms with van der Waals surface area (Å²) < 4.78 is 26.1. The SMILES string of the molecule is O=C(CCC(F)(F)C(=O)O)NCc1ccc2c(c1)CN(C1CCC(=O)NC1=O)C2=O. The van der Waals surface area contributed by atoms with Crippen molar-refractivity contribution in [3.05, 3.63) is 34.9 Å². The number of nitrogens with zero attached hydrogens (tertiary/aromatic N) is 1. The van der Waals surface area contributed by atoms with E-state index in [1.807, 2.05) is 0 Å². The summed E-state index contributed by atoms with van der Waals surface area (Å²) in [5.74, 6) is -8.19. The number of nitrogens with one attached hydrogen (secondary N) is 2. The average molecular weight is 423 g/mol. The number of imide groups is 1. The van der Waals surface area contributed by atoms with Gasteiger partial charge in [-0.05, 0) is 23.6 Å². The lowest BCUT2D eigenvalue weighted by atomic mass is 10.0. The minimum absolute atomic E-state index is 0.0113. The quantitative estimate of drug-likeness (QED) is 0.549. The Hall–Kier alpha value is -3.37. The van der Waals surface area contributed by atoms with Gasteiger partial charge in [0, 0.05) is 37.9 Å². The average Bonchev–Trinajstić information content (AvgIpc) is 3.00. The number of rotatable bonds is 7. The number of piperidine rings is 1. The lowest BCUT2D eigenvalue weighted by Gasteiger charge is -2.29. The molecule has 1 unspecified atom stereocenters. The zero-order chi connectivity index (χ0) is 22.1. The maximum Gasteiger partial charge on any atom is 0.374 e. The number of amides is 4. The number of aliphatic carboxylic acids is 1. The Kier molecular flexibility index (Phi) is 5.81.